The van der Waals surface area contributed by atoms with Crippen molar-refractivity contribution in [1.29, 1.82) is 0 Å². The summed E-state index contributed by atoms with van der Waals surface area (Å²) >= 11 is 7.40. The molecule has 0 bridgehead atoms. The quantitative estimate of drug-likeness (QED) is 0.319. The predicted molar refractivity (Wildman–Crippen MR) is 155 cm³/mol. The summed E-state index contributed by atoms with van der Waals surface area (Å²) in [6.45, 7) is 7.27. The average Bonchev–Trinajstić information content (AvgIpc) is 3.36. The van der Waals surface area contributed by atoms with Crippen molar-refractivity contribution < 1.29 is 19.1 Å². The van der Waals surface area contributed by atoms with E-state index in [0.717, 1.165) is 22.2 Å². The van der Waals surface area contributed by atoms with E-state index in [2.05, 4.69) is 4.99 Å². The molecule has 2 aromatic heterocycles. The first-order chi connectivity index (χ1) is 19.1. The molecule has 5 rings (SSSR count). The van der Waals surface area contributed by atoms with E-state index in [1.807, 2.05) is 41.8 Å². The van der Waals surface area contributed by atoms with Crippen molar-refractivity contribution in [2.45, 2.75) is 46.4 Å². The second-order valence-corrected chi connectivity index (χ2v) is 11.2. The van der Waals surface area contributed by atoms with Crippen molar-refractivity contribution in [2.24, 2.45) is 4.99 Å². The molecule has 0 N–H and O–H groups in total. The van der Waals surface area contributed by atoms with Crippen molar-refractivity contribution in [3.8, 4) is 0 Å². The third-order valence-electron chi connectivity index (χ3n) is 6.84. The van der Waals surface area contributed by atoms with Crippen molar-refractivity contribution in [3.63, 3.8) is 0 Å². The summed E-state index contributed by atoms with van der Waals surface area (Å²) < 4.78 is 14.3. The Kier molecular flexibility index (Phi) is 7.53. The Morgan fingerprint density at radius 3 is 2.50 bits per heavy atom. The predicted octanol–water partition coefficient (Wildman–Crippen LogP) is 4.28. The summed E-state index contributed by atoms with van der Waals surface area (Å²) in [7, 11) is 1.36. The monoisotopic (exact) mass is 577 g/mol. The molecule has 0 fully saturated rings. The van der Waals surface area contributed by atoms with E-state index in [-0.39, 0.29) is 24.2 Å². The molecule has 4 aromatic rings. The van der Waals surface area contributed by atoms with Crippen LogP contribution in [0.25, 0.3) is 17.0 Å². The van der Waals surface area contributed by atoms with Gasteiger partial charge in [0.05, 0.1) is 35.1 Å². The number of para-hydroxylation sites is 1. The van der Waals surface area contributed by atoms with E-state index in [1.54, 1.807) is 49.6 Å². The van der Waals surface area contributed by atoms with Crippen LogP contribution in [-0.4, -0.2) is 34.3 Å². The molecule has 8 nitrogen and oxygen atoms in total. The Hall–Kier alpha value is -3.95. The Balaban J connectivity index is 1.74. The molecule has 3 heterocycles. The summed E-state index contributed by atoms with van der Waals surface area (Å²) in [4.78, 5) is 44.6. The van der Waals surface area contributed by atoms with Gasteiger partial charge < -0.3 is 14.0 Å². The maximum Gasteiger partial charge on any atom is 0.338 e. The van der Waals surface area contributed by atoms with Crippen molar-refractivity contribution in [2.75, 3.05) is 7.11 Å². The standard InChI is InChI=1S/C30H28ClN3O5S/c1-16(2)39-29(37)26-17(3)32-30-34(27(26)19-10-12-20(31)13-11-19)28(36)24(40-30)14-22-18(4)33(15-25(35)38-5)23-9-7-6-8-21(22)23/h6-14,16,27H,15H2,1-5H3. The van der Waals surface area contributed by atoms with Gasteiger partial charge in [-0.2, -0.15) is 0 Å². The number of benzene rings is 2. The van der Waals surface area contributed by atoms with E-state index in [1.165, 1.54) is 18.4 Å². The summed E-state index contributed by atoms with van der Waals surface area (Å²) in [5.74, 6) is -0.888. The number of methoxy groups -OCH3 is 1. The van der Waals surface area contributed by atoms with E-state index in [9.17, 15) is 14.4 Å². The van der Waals surface area contributed by atoms with E-state index < -0.39 is 12.0 Å². The number of esters is 2. The minimum Gasteiger partial charge on any atom is -0.468 e. The molecule has 2 aromatic carbocycles. The second kappa shape index (κ2) is 10.9. The molecular weight excluding hydrogens is 550 g/mol. The summed E-state index contributed by atoms with van der Waals surface area (Å²) in [5, 5.41) is 1.45. The van der Waals surface area contributed by atoms with Crippen LogP contribution in [0.4, 0.5) is 0 Å². The van der Waals surface area contributed by atoms with Gasteiger partial charge in [-0.1, -0.05) is 53.3 Å². The number of carbonyl (C=O) groups excluding carboxylic acids is 2. The number of ether oxygens (including phenoxy) is 2. The van der Waals surface area contributed by atoms with Crippen LogP contribution in [0.3, 0.4) is 0 Å². The number of aromatic nitrogens is 2. The molecule has 1 aliphatic rings. The largest absolute Gasteiger partial charge is 0.468 e. The summed E-state index contributed by atoms with van der Waals surface area (Å²) in [5.41, 5.74) is 3.73. The summed E-state index contributed by atoms with van der Waals surface area (Å²) in [6, 6.07) is 14.0. The fourth-order valence-corrected chi connectivity index (χ4v) is 6.14. The van der Waals surface area contributed by atoms with Gasteiger partial charge in [0, 0.05) is 27.2 Å². The zero-order valence-electron chi connectivity index (χ0n) is 22.7. The third kappa shape index (κ3) is 4.91. The van der Waals surface area contributed by atoms with E-state index in [0.29, 0.717) is 31.2 Å². The minimum atomic E-state index is -0.733. The minimum absolute atomic E-state index is 0.0506. The third-order valence-corrected chi connectivity index (χ3v) is 8.07. The second-order valence-electron chi connectivity index (χ2n) is 9.77. The highest BCUT2D eigenvalue weighted by molar-refractivity contribution is 7.07. The molecule has 40 heavy (non-hydrogen) atoms. The first kappa shape index (κ1) is 27.6. The van der Waals surface area contributed by atoms with Gasteiger partial charge >= 0.3 is 11.9 Å². The van der Waals surface area contributed by atoms with Crippen LogP contribution in [0.15, 0.2) is 69.6 Å². The first-order valence-electron chi connectivity index (χ1n) is 12.7. The Morgan fingerprint density at radius 1 is 1.12 bits per heavy atom. The lowest BCUT2D eigenvalue weighted by molar-refractivity contribution is -0.143. The number of halogens is 1. The van der Waals surface area contributed by atoms with Crippen molar-refractivity contribution in [1.82, 2.24) is 9.13 Å². The summed E-state index contributed by atoms with van der Waals surface area (Å²) in [6.07, 6.45) is 1.49. The normalized spacial score (nSPS) is 15.4. The number of rotatable bonds is 6. The molecule has 1 unspecified atom stereocenters. The van der Waals surface area contributed by atoms with Crippen LogP contribution in [0.5, 0.6) is 0 Å². The molecule has 0 spiro atoms. The number of hydrogen-bond donors (Lipinski definition) is 0. The molecular formula is C30H28ClN3O5S. The van der Waals surface area contributed by atoms with Gasteiger partial charge in [0.25, 0.3) is 5.56 Å². The van der Waals surface area contributed by atoms with Gasteiger partial charge in [-0.3, -0.25) is 14.2 Å². The number of thiazole rings is 1. The first-order valence-corrected chi connectivity index (χ1v) is 13.9. The van der Waals surface area contributed by atoms with Crippen molar-refractivity contribution in [3.05, 3.63) is 101 Å². The van der Waals surface area contributed by atoms with Gasteiger partial charge in [0.2, 0.25) is 0 Å². The van der Waals surface area contributed by atoms with E-state index >= 15 is 0 Å². The lowest BCUT2D eigenvalue weighted by Gasteiger charge is -2.25. The number of nitrogens with zero attached hydrogens (tertiary/aromatic N) is 3. The van der Waals surface area contributed by atoms with Crippen LogP contribution < -0.4 is 14.9 Å². The van der Waals surface area contributed by atoms with Crippen LogP contribution in [0.2, 0.25) is 5.02 Å². The van der Waals surface area contributed by atoms with Gasteiger partial charge in [-0.25, -0.2) is 9.79 Å². The fourth-order valence-electron chi connectivity index (χ4n) is 4.99. The lowest BCUT2D eigenvalue weighted by Crippen LogP contribution is -2.40. The molecule has 206 valence electrons. The maximum absolute atomic E-state index is 14.0. The number of carbonyl (C=O) groups is 2. The lowest BCUT2D eigenvalue weighted by atomic mass is 9.96. The van der Waals surface area contributed by atoms with Gasteiger partial charge in [-0.15, -0.1) is 0 Å². The molecule has 0 amide bonds. The van der Waals surface area contributed by atoms with Crippen LogP contribution >= 0.6 is 22.9 Å². The zero-order chi connectivity index (χ0) is 28.7. The topological polar surface area (TPSA) is 91.9 Å². The Labute approximate surface area is 239 Å². The Morgan fingerprint density at radius 2 is 1.82 bits per heavy atom. The molecule has 1 atom stereocenters. The highest BCUT2D eigenvalue weighted by atomic mass is 35.5. The zero-order valence-corrected chi connectivity index (χ0v) is 24.3. The van der Waals surface area contributed by atoms with Crippen molar-refractivity contribution >= 4 is 51.9 Å². The van der Waals surface area contributed by atoms with Gasteiger partial charge in [0.15, 0.2) is 4.80 Å². The smallest absolute Gasteiger partial charge is 0.338 e. The molecule has 0 radical (unpaired) electrons. The van der Waals surface area contributed by atoms with Gasteiger partial charge in [-0.05, 0) is 57.5 Å². The van der Waals surface area contributed by atoms with E-state index in [4.69, 9.17) is 21.1 Å². The Bertz CT molecular complexity index is 1860. The molecule has 0 saturated heterocycles. The van der Waals surface area contributed by atoms with Gasteiger partial charge in [0.1, 0.15) is 6.54 Å². The molecule has 10 heteroatoms. The highest BCUT2D eigenvalue weighted by Crippen LogP contribution is 2.32. The van der Waals surface area contributed by atoms with Crippen LogP contribution in [0.1, 0.15) is 43.6 Å². The maximum atomic E-state index is 14.0. The molecule has 0 aliphatic carbocycles. The number of allylic oxidation sites excluding steroid dienone is 1. The fraction of sp³-hybridized carbons (Fsp3) is 0.267. The van der Waals surface area contributed by atoms with Crippen LogP contribution in [0, 0.1) is 6.92 Å². The van der Waals surface area contributed by atoms with Crippen LogP contribution in [-0.2, 0) is 25.6 Å². The number of hydrogen-bond acceptors (Lipinski definition) is 7. The highest BCUT2D eigenvalue weighted by Gasteiger charge is 2.34. The average molecular weight is 578 g/mol. The number of fused-ring (bicyclic) bond motifs is 2. The molecule has 1 aliphatic heterocycles. The SMILES string of the molecule is COC(=O)Cn1c(C)c(C=c2sc3n(c2=O)C(c2ccc(Cl)cc2)C(C(=O)OC(C)C)=C(C)N=3)c2ccccc21. The molecule has 0 saturated carbocycles.